The maximum atomic E-state index is 13.3. The fourth-order valence-corrected chi connectivity index (χ4v) is 4.86. The summed E-state index contributed by atoms with van der Waals surface area (Å²) in [7, 11) is 0. The lowest BCUT2D eigenvalue weighted by Gasteiger charge is -2.30. The molecular formula is C22H24ClN7O2S. The van der Waals surface area contributed by atoms with Gasteiger partial charge in [0.15, 0.2) is 10.9 Å². The highest BCUT2D eigenvalue weighted by molar-refractivity contribution is 7.98. The number of rotatable bonds is 6. The summed E-state index contributed by atoms with van der Waals surface area (Å²) in [6.07, 6.45) is 1.10. The lowest BCUT2D eigenvalue weighted by atomic mass is 9.96. The van der Waals surface area contributed by atoms with Gasteiger partial charge in [0.1, 0.15) is 0 Å². The van der Waals surface area contributed by atoms with Crippen molar-refractivity contribution >= 4 is 35.2 Å². The first-order valence-electron chi connectivity index (χ1n) is 10.6. The van der Waals surface area contributed by atoms with E-state index in [1.54, 1.807) is 21.7 Å². The molecule has 3 heterocycles. The van der Waals surface area contributed by atoms with Crippen LogP contribution in [0.25, 0.3) is 5.69 Å². The number of hydrogen-bond acceptors (Lipinski definition) is 7. The van der Waals surface area contributed by atoms with Crippen LogP contribution in [-0.4, -0.2) is 54.8 Å². The molecule has 1 saturated heterocycles. The Balaban J connectivity index is 1.63. The topological polar surface area (TPSA) is 120 Å². The highest BCUT2D eigenvalue weighted by Crippen LogP contribution is 2.26. The van der Waals surface area contributed by atoms with Crippen LogP contribution >= 0.6 is 23.4 Å². The molecule has 0 bridgehead atoms. The quantitative estimate of drug-likeness (QED) is 0.421. The molecule has 9 nitrogen and oxygen atoms in total. The molecule has 0 saturated carbocycles. The number of thioether (sulfide) groups is 1. The predicted octanol–water partition coefficient (Wildman–Crippen LogP) is 2.96. The minimum atomic E-state index is -0.318. The SMILES string of the molecule is Cc1cc(C)nc(SCc2c(C(=O)N3CCC(C(N)=O)CC3)nnn2-c2ccc(Cl)cc2)n1. The Morgan fingerprint density at radius 3 is 2.36 bits per heavy atom. The maximum Gasteiger partial charge on any atom is 0.276 e. The van der Waals surface area contributed by atoms with Crippen LogP contribution in [0, 0.1) is 19.8 Å². The molecule has 2 aromatic heterocycles. The number of carbonyl (C=O) groups excluding carboxylic acids is 2. The molecule has 0 radical (unpaired) electrons. The van der Waals surface area contributed by atoms with Gasteiger partial charge in [0, 0.05) is 41.2 Å². The Morgan fingerprint density at radius 1 is 1.12 bits per heavy atom. The second-order valence-corrected chi connectivity index (χ2v) is 9.34. The standard InChI is InChI=1S/C22H24ClN7O2S/c1-13-11-14(2)26-22(25-13)33-12-18-19(21(32)29-9-7-15(8-10-29)20(24)31)27-28-30(18)17-5-3-16(23)4-6-17/h3-6,11,15H,7-10,12H2,1-2H3,(H2,24,31). The molecule has 3 aromatic rings. The number of benzene rings is 1. The molecule has 1 fully saturated rings. The first-order valence-corrected chi connectivity index (χ1v) is 11.9. The number of aryl methyl sites for hydroxylation is 2. The van der Waals surface area contributed by atoms with Gasteiger partial charge in [-0.15, -0.1) is 5.10 Å². The van der Waals surface area contributed by atoms with E-state index in [0.29, 0.717) is 47.6 Å². The zero-order chi connectivity index (χ0) is 23.5. The maximum absolute atomic E-state index is 13.3. The summed E-state index contributed by atoms with van der Waals surface area (Å²) < 4.78 is 1.65. The van der Waals surface area contributed by atoms with Gasteiger partial charge in [0.25, 0.3) is 5.91 Å². The van der Waals surface area contributed by atoms with Crippen LogP contribution < -0.4 is 5.73 Å². The van der Waals surface area contributed by atoms with E-state index >= 15 is 0 Å². The molecule has 33 heavy (non-hydrogen) atoms. The fraction of sp³-hybridized carbons (Fsp3) is 0.364. The highest BCUT2D eigenvalue weighted by Gasteiger charge is 2.30. The smallest absolute Gasteiger partial charge is 0.276 e. The van der Waals surface area contributed by atoms with E-state index in [4.69, 9.17) is 17.3 Å². The van der Waals surface area contributed by atoms with E-state index in [-0.39, 0.29) is 23.4 Å². The first-order chi connectivity index (χ1) is 15.8. The molecule has 0 aliphatic carbocycles. The number of hydrogen-bond donors (Lipinski definition) is 1. The monoisotopic (exact) mass is 485 g/mol. The Hall–Kier alpha value is -2.98. The minimum Gasteiger partial charge on any atom is -0.369 e. The van der Waals surface area contributed by atoms with Crippen molar-refractivity contribution in [2.45, 2.75) is 37.6 Å². The third-order valence-electron chi connectivity index (χ3n) is 5.52. The van der Waals surface area contributed by atoms with Crippen LogP contribution in [0.3, 0.4) is 0 Å². The molecular weight excluding hydrogens is 462 g/mol. The number of nitrogens with zero attached hydrogens (tertiary/aromatic N) is 6. The molecule has 0 atom stereocenters. The van der Waals surface area contributed by atoms with Gasteiger partial charge in [-0.2, -0.15) is 0 Å². The van der Waals surface area contributed by atoms with E-state index in [0.717, 1.165) is 17.1 Å². The highest BCUT2D eigenvalue weighted by atomic mass is 35.5. The summed E-state index contributed by atoms with van der Waals surface area (Å²) in [5.41, 5.74) is 8.85. The third-order valence-corrected chi connectivity index (χ3v) is 6.63. The van der Waals surface area contributed by atoms with E-state index in [2.05, 4.69) is 20.3 Å². The van der Waals surface area contributed by atoms with Crippen molar-refractivity contribution in [1.82, 2.24) is 29.9 Å². The van der Waals surface area contributed by atoms with Crippen LogP contribution in [0.2, 0.25) is 5.02 Å². The lowest BCUT2D eigenvalue weighted by molar-refractivity contribution is -0.123. The number of amides is 2. The van der Waals surface area contributed by atoms with Gasteiger partial charge in [-0.1, -0.05) is 28.6 Å². The summed E-state index contributed by atoms with van der Waals surface area (Å²) in [5, 5.41) is 9.73. The molecule has 0 unspecified atom stereocenters. The minimum absolute atomic E-state index is 0.199. The van der Waals surface area contributed by atoms with E-state index in [9.17, 15) is 9.59 Å². The van der Waals surface area contributed by atoms with Crippen molar-refractivity contribution in [2.75, 3.05) is 13.1 Å². The predicted molar refractivity (Wildman–Crippen MR) is 125 cm³/mol. The van der Waals surface area contributed by atoms with Crippen LogP contribution in [0.4, 0.5) is 0 Å². The number of halogens is 1. The summed E-state index contributed by atoms with van der Waals surface area (Å²) in [6, 6.07) is 9.08. The third kappa shape index (κ3) is 5.33. The van der Waals surface area contributed by atoms with Crippen molar-refractivity contribution in [2.24, 2.45) is 11.7 Å². The van der Waals surface area contributed by atoms with Gasteiger partial charge in [-0.3, -0.25) is 9.59 Å². The van der Waals surface area contributed by atoms with Crippen LogP contribution in [0.1, 0.15) is 40.4 Å². The Labute approximate surface area is 200 Å². The Bertz CT molecular complexity index is 1150. The van der Waals surface area contributed by atoms with Crippen LogP contribution in [0.15, 0.2) is 35.5 Å². The van der Waals surface area contributed by atoms with Crippen molar-refractivity contribution in [3.8, 4) is 5.69 Å². The van der Waals surface area contributed by atoms with Crippen LogP contribution in [-0.2, 0) is 10.5 Å². The van der Waals surface area contributed by atoms with Gasteiger partial charge >= 0.3 is 0 Å². The molecule has 172 valence electrons. The Morgan fingerprint density at radius 2 is 1.76 bits per heavy atom. The molecule has 1 aromatic carbocycles. The van der Waals surface area contributed by atoms with Crippen LogP contribution in [0.5, 0.6) is 0 Å². The average molecular weight is 486 g/mol. The summed E-state index contributed by atoms with van der Waals surface area (Å²) in [4.78, 5) is 35.5. The first kappa shape index (κ1) is 23.2. The number of nitrogens with two attached hydrogens (primary N) is 1. The molecule has 4 rings (SSSR count). The summed E-state index contributed by atoms with van der Waals surface area (Å²) >= 11 is 7.46. The van der Waals surface area contributed by atoms with E-state index < -0.39 is 0 Å². The number of aromatic nitrogens is 5. The molecule has 0 spiro atoms. The fourth-order valence-electron chi connectivity index (χ4n) is 3.79. The number of carbonyl (C=O) groups is 2. The van der Waals surface area contributed by atoms with Gasteiger partial charge in [-0.05, 0) is 57.0 Å². The average Bonchev–Trinajstić information content (AvgIpc) is 3.21. The molecule has 11 heteroatoms. The number of primary amides is 1. The lowest BCUT2D eigenvalue weighted by Crippen LogP contribution is -2.42. The van der Waals surface area contributed by atoms with Crippen molar-refractivity contribution in [3.05, 3.63) is 58.1 Å². The van der Waals surface area contributed by atoms with Crippen molar-refractivity contribution in [3.63, 3.8) is 0 Å². The van der Waals surface area contributed by atoms with Gasteiger partial charge in [0.2, 0.25) is 5.91 Å². The zero-order valence-electron chi connectivity index (χ0n) is 18.4. The summed E-state index contributed by atoms with van der Waals surface area (Å²) in [6.45, 7) is 4.74. The Kier molecular flexibility index (Phi) is 6.94. The van der Waals surface area contributed by atoms with Crippen molar-refractivity contribution in [1.29, 1.82) is 0 Å². The zero-order valence-corrected chi connectivity index (χ0v) is 19.9. The van der Waals surface area contributed by atoms with E-state index in [1.807, 2.05) is 32.0 Å². The second kappa shape index (κ2) is 9.88. The van der Waals surface area contributed by atoms with Gasteiger partial charge < -0.3 is 10.6 Å². The van der Waals surface area contributed by atoms with Gasteiger partial charge in [-0.25, -0.2) is 14.6 Å². The molecule has 2 amide bonds. The van der Waals surface area contributed by atoms with Crippen molar-refractivity contribution < 1.29 is 9.59 Å². The summed E-state index contributed by atoms with van der Waals surface area (Å²) in [5.74, 6) is -0.330. The molecule has 1 aliphatic heterocycles. The second-order valence-electron chi connectivity index (χ2n) is 7.96. The number of piperidine rings is 1. The van der Waals surface area contributed by atoms with Gasteiger partial charge in [0.05, 0.1) is 11.4 Å². The normalized spacial score (nSPS) is 14.5. The largest absolute Gasteiger partial charge is 0.369 e. The number of likely N-dealkylation sites (tertiary alicyclic amines) is 1. The van der Waals surface area contributed by atoms with E-state index in [1.165, 1.54) is 11.8 Å². The molecule has 1 aliphatic rings. The molecule has 2 N–H and O–H groups in total.